The number of pyridine rings is 1. The molecule has 5 heteroatoms. The van der Waals surface area contributed by atoms with Gasteiger partial charge in [-0.1, -0.05) is 25.1 Å². The Kier molecular flexibility index (Phi) is 4.57. The van der Waals surface area contributed by atoms with Crippen LogP contribution in [0.5, 0.6) is 0 Å². The minimum absolute atomic E-state index is 0.227. The number of furan rings is 1. The summed E-state index contributed by atoms with van der Waals surface area (Å²) in [7, 11) is 0. The van der Waals surface area contributed by atoms with E-state index in [0.29, 0.717) is 13.0 Å². The van der Waals surface area contributed by atoms with Crippen molar-refractivity contribution in [2.45, 2.75) is 19.8 Å². The van der Waals surface area contributed by atoms with Crippen LogP contribution in [0, 0.1) is 0 Å². The van der Waals surface area contributed by atoms with Gasteiger partial charge in [0.1, 0.15) is 5.76 Å². The van der Waals surface area contributed by atoms with Gasteiger partial charge >= 0.3 is 6.03 Å². The molecule has 2 N–H and O–H groups in total. The Bertz CT molecular complexity index is 797. The lowest BCUT2D eigenvalue weighted by Crippen LogP contribution is -2.30. The first-order valence-corrected chi connectivity index (χ1v) is 7.72. The van der Waals surface area contributed by atoms with Crippen LogP contribution in [-0.4, -0.2) is 17.6 Å². The number of para-hydroxylation sites is 1. The van der Waals surface area contributed by atoms with Crippen molar-refractivity contribution in [2.24, 2.45) is 0 Å². The number of rotatable bonds is 5. The lowest BCUT2D eigenvalue weighted by atomic mass is 10.1. The SMILES string of the molecule is CCc1cc(NC(=O)NCCc2ccco2)c2ccccc2n1. The smallest absolute Gasteiger partial charge is 0.319 e. The summed E-state index contributed by atoms with van der Waals surface area (Å²) in [6.07, 6.45) is 3.11. The van der Waals surface area contributed by atoms with Crippen LogP contribution >= 0.6 is 0 Å². The third-order valence-electron chi connectivity index (χ3n) is 3.62. The van der Waals surface area contributed by atoms with Crippen molar-refractivity contribution in [3.8, 4) is 0 Å². The van der Waals surface area contributed by atoms with Crippen molar-refractivity contribution >= 4 is 22.6 Å². The molecule has 0 radical (unpaired) electrons. The number of carbonyl (C=O) groups excluding carboxylic acids is 1. The molecular formula is C18H19N3O2. The molecule has 0 aliphatic heterocycles. The average Bonchev–Trinajstić information content (AvgIpc) is 3.08. The van der Waals surface area contributed by atoms with Crippen molar-refractivity contribution in [3.63, 3.8) is 0 Å². The Morgan fingerprint density at radius 2 is 2.09 bits per heavy atom. The molecule has 2 amide bonds. The lowest BCUT2D eigenvalue weighted by molar-refractivity contribution is 0.252. The number of nitrogens with zero attached hydrogens (tertiary/aromatic N) is 1. The first kappa shape index (κ1) is 15.1. The molecule has 0 saturated carbocycles. The van der Waals surface area contributed by atoms with Gasteiger partial charge in [-0.05, 0) is 30.7 Å². The van der Waals surface area contributed by atoms with E-state index in [9.17, 15) is 4.79 Å². The standard InChI is InChI=1S/C18H19N3O2/c1-2-13-12-17(15-7-3-4-8-16(15)20-13)21-18(22)19-10-9-14-6-5-11-23-14/h3-8,11-12H,2,9-10H2,1H3,(H2,19,20,21,22). The largest absolute Gasteiger partial charge is 0.469 e. The van der Waals surface area contributed by atoms with Crippen LogP contribution < -0.4 is 10.6 Å². The summed E-state index contributed by atoms with van der Waals surface area (Å²) in [6, 6.07) is 13.2. The number of anilines is 1. The van der Waals surface area contributed by atoms with E-state index in [0.717, 1.165) is 34.5 Å². The van der Waals surface area contributed by atoms with Gasteiger partial charge in [0.15, 0.2) is 0 Å². The van der Waals surface area contributed by atoms with Crippen LogP contribution in [0.2, 0.25) is 0 Å². The second-order valence-corrected chi connectivity index (χ2v) is 5.24. The molecule has 3 aromatic rings. The summed E-state index contributed by atoms with van der Waals surface area (Å²) in [5.41, 5.74) is 2.62. The summed E-state index contributed by atoms with van der Waals surface area (Å²) in [4.78, 5) is 16.7. The Balaban J connectivity index is 1.69. The Labute approximate surface area is 134 Å². The third-order valence-corrected chi connectivity index (χ3v) is 3.62. The predicted molar refractivity (Wildman–Crippen MR) is 90.6 cm³/mol. The van der Waals surface area contributed by atoms with Crippen LogP contribution in [0.3, 0.4) is 0 Å². The van der Waals surface area contributed by atoms with Crippen LogP contribution in [-0.2, 0) is 12.8 Å². The number of nitrogens with one attached hydrogen (secondary N) is 2. The number of benzene rings is 1. The fraction of sp³-hybridized carbons (Fsp3) is 0.222. The molecule has 0 unspecified atom stereocenters. The molecule has 1 aromatic carbocycles. The summed E-state index contributed by atoms with van der Waals surface area (Å²) < 4.78 is 5.24. The van der Waals surface area contributed by atoms with E-state index in [2.05, 4.69) is 15.6 Å². The number of hydrogen-bond donors (Lipinski definition) is 2. The number of fused-ring (bicyclic) bond motifs is 1. The molecule has 0 aliphatic rings. The second-order valence-electron chi connectivity index (χ2n) is 5.24. The fourth-order valence-corrected chi connectivity index (χ4v) is 2.44. The zero-order valence-electron chi connectivity index (χ0n) is 13.0. The Morgan fingerprint density at radius 3 is 2.87 bits per heavy atom. The highest BCUT2D eigenvalue weighted by Gasteiger charge is 2.08. The van der Waals surface area contributed by atoms with Gasteiger partial charge in [0, 0.05) is 24.0 Å². The molecule has 0 fully saturated rings. The topological polar surface area (TPSA) is 67.2 Å². The summed E-state index contributed by atoms with van der Waals surface area (Å²) in [5.74, 6) is 0.855. The zero-order chi connectivity index (χ0) is 16.1. The van der Waals surface area contributed by atoms with Crippen LogP contribution in [0.15, 0.2) is 53.1 Å². The van der Waals surface area contributed by atoms with Crippen molar-refractivity contribution in [3.05, 3.63) is 60.2 Å². The molecule has 118 valence electrons. The van der Waals surface area contributed by atoms with E-state index in [4.69, 9.17) is 4.42 Å². The fourth-order valence-electron chi connectivity index (χ4n) is 2.44. The van der Waals surface area contributed by atoms with Gasteiger partial charge in [-0.3, -0.25) is 4.98 Å². The average molecular weight is 309 g/mol. The van der Waals surface area contributed by atoms with E-state index in [1.807, 2.05) is 49.4 Å². The minimum atomic E-state index is -0.227. The molecule has 0 atom stereocenters. The number of carbonyl (C=O) groups is 1. The van der Waals surface area contributed by atoms with E-state index in [-0.39, 0.29) is 6.03 Å². The normalized spacial score (nSPS) is 10.7. The first-order valence-electron chi connectivity index (χ1n) is 7.72. The number of urea groups is 1. The monoisotopic (exact) mass is 309 g/mol. The quantitative estimate of drug-likeness (QED) is 0.754. The van der Waals surface area contributed by atoms with Crippen LogP contribution in [0.4, 0.5) is 10.5 Å². The highest BCUT2D eigenvalue weighted by atomic mass is 16.3. The maximum Gasteiger partial charge on any atom is 0.319 e. The van der Waals surface area contributed by atoms with Gasteiger partial charge in [-0.15, -0.1) is 0 Å². The molecule has 5 nitrogen and oxygen atoms in total. The first-order chi connectivity index (χ1) is 11.3. The van der Waals surface area contributed by atoms with E-state index in [1.54, 1.807) is 6.26 Å². The van der Waals surface area contributed by atoms with Gasteiger partial charge in [0.25, 0.3) is 0 Å². The molecule has 2 heterocycles. The van der Waals surface area contributed by atoms with Crippen molar-refractivity contribution in [1.82, 2.24) is 10.3 Å². The molecule has 0 saturated heterocycles. The van der Waals surface area contributed by atoms with E-state index in [1.165, 1.54) is 0 Å². The van der Waals surface area contributed by atoms with Gasteiger partial charge in [0.2, 0.25) is 0 Å². The number of hydrogen-bond acceptors (Lipinski definition) is 3. The minimum Gasteiger partial charge on any atom is -0.469 e. The van der Waals surface area contributed by atoms with Crippen molar-refractivity contribution in [1.29, 1.82) is 0 Å². The summed E-state index contributed by atoms with van der Waals surface area (Å²) >= 11 is 0. The highest BCUT2D eigenvalue weighted by Crippen LogP contribution is 2.23. The number of aromatic nitrogens is 1. The van der Waals surface area contributed by atoms with Gasteiger partial charge in [0.05, 0.1) is 17.5 Å². The van der Waals surface area contributed by atoms with Gasteiger partial charge in [-0.2, -0.15) is 0 Å². The zero-order valence-corrected chi connectivity index (χ0v) is 13.0. The third kappa shape index (κ3) is 3.69. The van der Waals surface area contributed by atoms with Gasteiger partial charge < -0.3 is 15.1 Å². The van der Waals surface area contributed by atoms with Crippen LogP contribution in [0.1, 0.15) is 18.4 Å². The van der Waals surface area contributed by atoms with E-state index >= 15 is 0 Å². The molecule has 2 aromatic heterocycles. The van der Waals surface area contributed by atoms with Gasteiger partial charge in [-0.25, -0.2) is 4.79 Å². The molecule has 3 rings (SSSR count). The molecule has 0 bridgehead atoms. The number of aryl methyl sites for hydroxylation is 1. The molecule has 0 aliphatic carbocycles. The van der Waals surface area contributed by atoms with Crippen molar-refractivity contribution < 1.29 is 9.21 Å². The predicted octanol–water partition coefficient (Wildman–Crippen LogP) is 3.75. The molecule has 0 spiro atoms. The summed E-state index contributed by atoms with van der Waals surface area (Å²) in [5, 5.41) is 6.70. The second kappa shape index (κ2) is 6.96. The van der Waals surface area contributed by atoms with Crippen LogP contribution in [0.25, 0.3) is 10.9 Å². The molecular weight excluding hydrogens is 290 g/mol. The Hall–Kier alpha value is -2.82. The number of amides is 2. The van der Waals surface area contributed by atoms with E-state index < -0.39 is 0 Å². The maximum atomic E-state index is 12.1. The van der Waals surface area contributed by atoms with Crippen molar-refractivity contribution in [2.75, 3.05) is 11.9 Å². The summed E-state index contributed by atoms with van der Waals surface area (Å²) in [6.45, 7) is 2.56. The lowest BCUT2D eigenvalue weighted by Gasteiger charge is -2.11. The highest BCUT2D eigenvalue weighted by molar-refractivity contribution is 6.00. The Morgan fingerprint density at radius 1 is 1.22 bits per heavy atom. The molecule has 23 heavy (non-hydrogen) atoms. The maximum absolute atomic E-state index is 12.1.